The Kier molecular flexibility index (Phi) is 3.97. The largest absolute Gasteiger partial charge is 0.341 e. The van der Waals surface area contributed by atoms with Gasteiger partial charge in [-0.3, -0.25) is 4.79 Å². The summed E-state index contributed by atoms with van der Waals surface area (Å²) < 4.78 is 2.09. The summed E-state index contributed by atoms with van der Waals surface area (Å²) in [5.41, 5.74) is 2.43. The third-order valence-corrected chi connectivity index (χ3v) is 4.23. The second-order valence-corrected chi connectivity index (χ2v) is 5.81. The van der Waals surface area contributed by atoms with Crippen LogP contribution >= 0.6 is 0 Å². The Morgan fingerprint density at radius 1 is 1.38 bits per heavy atom. The van der Waals surface area contributed by atoms with E-state index in [2.05, 4.69) is 41.1 Å². The molecule has 1 fully saturated rings. The summed E-state index contributed by atoms with van der Waals surface area (Å²) >= 11 is 0. The molecule has 0 radical (unpaired) electrons. The van der Waals surface area contributed by atoms with Gasteiger partial charge in [0.2, 0.25) is 5.91 Å². The molecular formula is C17H23N3O. The lowest BCUT2D eigenvalue weighted by Crippen LogP contribution is -2.31. The Morgan fingerprint density at radius 2 is 2.19 bits per heavy atom. The molecule has 1 saturated carbocycles. The van der Waals surface area contributed by atoms with Gasteiger partial charge in [-0.25, -0.2) is 0 Å². The van der Waals surface area contributed by atoms with Crippen molar-refractivity contribution in [2.75, 3.05) is 13.6 Å². The lowest BCUT2D eigenvalue weighted by Gasteiger charge is -2.17. The highest BCUT2D eigenvalue weighted by molar-refractivity contribution is 5.86. The molecule has 1 aromatic carbocycles. The number of nitrogens with zero attached hydrogens (tertiary/aromatic N) is 2. The number of likely N-dealkylation sites (N-methyl/N-ethyl adjacent to an activating group) is 1. The van der Waals surface area contributed by atoms with Crippen molar-refractivity contribution in [3.05, 3.63) is 36.0 Å². The number of fused-ring (bicyclic) bond motifs is 1. The SMILES string of the molecule is CCNCc1cccc2ccn(CC(=O)N(C)C3CC3)c12. The maximum Gasteiger partial charge on any atom is 0.242 e. The summed E-state index contributed by atoms with van der Waals surface area (Å²) in [6.07, 6.45) is 4.33. The number of aromatic nitrogens is 1. The molecule has 4 nitrogen and oxygen atoms in total. The first-order valence-corrected chi connectivity index (χ1v) is 7.74. The van der Waals surface area contributed by atoms with Crippen molar-refractivity contribution in [2.45, 2.75) is 38.9 Å². The van der Waals surface area contributed by atoms with Gasteiger partial charge in [0.25, 0.3) is 0 Å². The Balaban J connectivity index is 1.85. The van der Waals surface area contributed by atoms with Gasteiger partial charge in [-0.05, 0) is 36.4 Å². The van der Waals surface area contributed by atoms with Crippen LogP contribution in [0.5, 0.6) is 0 Å². The van der Waals surface area contributed by atoms with Gasteiger partial charge in [-0.1, -0.05) is 25.1 Å². The van der Waals surface area contributed by atoms with Crippen LogP contribution in [0.1, 0.15) is 25.3 Å². The van der Waals surface area contributed by atoms with Crippen molar-refractivity contribution in [2.24, 2.45) is 0 Å². The van der Waals surface area contributed by atoms with Crippen LogP contribution in [-0.4, -0.2) is 35.0 Å². The van der Waals surface area contributed by atoms with Crippen LogP contribution in [0.4, 0.5) is 0 Å². The first kappa shape index (κ1) is 14.1. The fourth-order valence-corrected chi connectivity index (χ4v) is 2.80. The van der Waals surface area contributed by atoms with Gasteiger partial charge in [0.1, 0.15) is 6.54 Å². The third kappa shape index (κ3) is 2.95. The molecule has 0 spiro atoms. The molecule has 0 bridgehead atoms. The van der Waals surface area contributed by atoms with E-state index in [1.165, 1.54) is 16.5 Å². The average Bonchev–Trinajstić information content (AvgIpc) is 3.26. The lowest BCUT2D eigenvalue weighted by atomic mass is 10.1. The molecule has 21 heavy (non-hydrogen) atoms. The van der Waals surface area contributed by atoms with E-state index in [0.29, 0.717) is 12.6 Å². The van der Waals surface area contributed by atoms with Gasteiger partial charge < -0.3 is 14.8 Å². The molecule has 4 heteroatoms. The fraction of sp³-hybridized carbons (Fsp3) is 0.471. The zero-order chi connectivity index (χ0) is 14.8. The van der Waals surface area contributed by atoms with Crippen molar-refractivity contribution in [1.82, 2.24) is 14.8 Å². The van der Waals surface area contributed by atoms with Crippen LogP contribution in [0.2, 0.25) is 0 Å². The van der Waals surface area contributed by atoms with Crippen molar-refractivity contribution in [3.63, 3.8) is 0 Å². The number of para-hydroxylation sites is 1. The molecule has 112 valence electrons. The van der Waals surface area contributed by atoms with Crippen molar-refractivity contribution in [3.8, 4) is 0 Å². The summed E-state index contributed by atoms with van der Waals surface area (Å²) in [6, 6.07) is 8.89. The van der Waals surface area contributed by atoms with E-state index < -0.39 is 0 Å². The Labute approximate surface area is 125 Å². The molecule has 0 unspecified atom stereocenters. The number of amides is 1. The van der Waals surface area contributed by atoms with E-state index >= 15 is 0 Å². The van der Waals surface area contributed by atoms with Crippen LogP contribution in [0.3, 0.4) is 0 Å². The molecule has 0 atom stereocenters. The van der Waals surface area contributed by atoms with Crippen molar-refractivity contribution in [1.29, 1.82) is 0 Å². The van der Waals surface area contributed by atoms with Gasteiger partial charge in [-0.2, -0.15) is 0 Å². The zero-order valence-corrected chi connectivity index (χ0v) is 12.8. The zero-order valence-electron chi connectivity index (χ0n) is 12.8. The number of hydrogen-bond donors (Lipinski definition) is 1. The fourth-order valence-electron chi connectivity index (χ4n) is 2.80. The van der Waals surface area contributed by atoms with E-state index in [1.807, 2.05) is 18.1 Å². The smallest absolute Gasteiger partial charge is 0.242 e. The van der Waals surface area contributed by atoms with Gasteiger partial charge in [0.15, 0.2) is 0 Å². The maximum atomic E-state index is 12.4. The second-order valence-electron chi connectivity index (χ2n) is 5.81. The molecule has 1 amide bonds. The number of nitrogens with one attached hydrogen (secondary N) is 1. The normalized spacial score (nSPS) is 14.6. The summed E-state index contributed by atoms with van der Waals surface area (Å²) in [7, 11) is 1.92. The minimum Gasteiger partial charge on any atom is -0.341 e. The summed E-state index contributed by atoms with van der Waals surface area (Å²) in [5.74, 6) is 0.202. The highest BCUT2D eigenvalue weighted by atomic mass is 16.2. The van der Waals surface area contributed by atoms with E-state index in [1.54, 1.807) is 0 Å². The van der Waals surface area contributed by atoms with E-state index in [4.69, 9.17) is 0 Å². The van der Waals surface area contributed by atoms with Gasteiger partial charge in [-0.15, -0.1) is 0 Å². The summed E-state index contributed by atoms with van der Waals surface area (Å²) in [6.45, 7) is 4.32. The third-order valence-electron chi connectivity index (χ3n) is 4.23. The molecule has 1 aliphatic rings. The highest BCUT2D eigenvalue weighted by Gasteiger charge is 2.29. The highest BCUT2D eigenvalue weighted by Crippen LogP contribution is 2.26. The van der Waals surface area contributed by atoms with Crippen molar-refractivity contribution >= 4 is 16.8 Å². The van der Waals surface area contributed by atoms with E-state index in [-0.39, 0.29) is 5.91 Å². The number of benzene rings is 1. The van der Waals surface area contributed by atoms with Crippen LogP contribution in [0.15, 0.2) is 30.5 Å². The van der Waals surface area contributed by atoms with Crippen LogP contribution in [0, 0.1) is 0 Å². The summed E-state index contributed by atoms with van der Waals surface area (Å²) in [5, 5.41) is 4.57. The minimum absolute atomic E-state index is 0.202. The van der Waals surface area contributed by atoms with Gasteiger partial charge in [0.05, 0.1) is 5.52 Å². The van der Waals surface area contributed by atoms with E-state index in [0.717, 1.165) is 25.9 Å². The quantitative estimate of drug-likeness (QED) is 0.885. The van der Waals surface area contributed by atoms with E-state index in [9.17, 15) is 4.79 Å². The molecule has 2 aromatic rings. The molecule has 1 aromatic heterocycles. The Hall–Kier alpha value is -1.81. The molecule has 3 rings (SSSR count). The van der Waals surface area contributed by atoms with Crippen LogP contribution in [0.25, 0.3) is 10.9 Å². The minimum atomic E-state index is 0.202. The maximum absolute atomic E-state index is 12.4. The number of carbonyl (C=O) groups is 1. The summed E-state index contributed by atoms with van der Waals surface area (Å²) in [4.78, 5) is 14.3. The molecule has 1 heterocycles. The predicted molar refractivity (Wildman–Crippen MR) is 85.1 cm³/mol. The molecule has 0 saturated heterocycles. The average molecular weight is 285 g/mol. The van der Waals surface area contributed by atoms with Crippen LogP contribution < -0.4 is 5.32 Å². The molecule has 1 N–H and O–H groups in total. The molecule has 0 aliphatic heterocycles. The monoisotopic (exact) mass is 285 g/mol. The number of rotatable bonds is 6. The predicted octanol–water partition coefficient (Wildman–Crippen LogP) is 2.37. The molecular weight excluding hydrogens is 262 g/mol. The first-order valence-electron chi connectivity index (χ1n) is 7.74. The number of carbonyl (C=O) groups excluding carboxylic acids is 1. The first-order chi connectivity index (χ1) is 10.2. The van der Waals surface area contributed by atoms with Gasteiger partial charge >= 0.3 is 0 Å². The lowest BCUT2D eigenvalue weighted by molar-refractivity contribution is -0.130. The van der Waals surface area contributed by atoms with Crippen molar-refractivity contribution < 1.29 is 4.79 Å². The standard InChI is InChI=1S/C17H23N3O/c1-3-18-11-14-6-4-5-13-9-10-20(17(13)14)12-16(21)19(2)15-7-8-15/h4-6,9-10,15,18H,3,7-8,11-12H2,1-2H3. The van der Waals surface area contributed by atoms with Gasteiger partial charge in [0, 0.05) is 25.8 Å². The topological polar surface area (TPSA) is 37.3 Å². The Bertz CT molecular complexity index is 643. The Morgan fingerprint density at radius 3 is 2.90 bits per heavy atom. The molecule has 1 aliphatic carbocycles. The second kappa shape index (κ2) is 5.90. The van der Waals surface area contributed by atoms with Crippen LogP contribution in [-0.2, 0) is 17.9 Å². The number of hydrogen-bond acceptors (Lipinski definition) is 2.